The van der Waals surface area contributed by atoms with Gasteiger partial charge in [0.25, 0.3) is 5.91 Å². The highest BCUT2D eigenvalue weighted by molar-refractivity contribution is 9.10. The van der Waals surface area contributed by atoms with Gasteiger partial charge in [0.05, 0.1) is 5.25 Å². The van der Waals surface area contributed by atoms with Gasteiger partial charge in [0.15, 0.2) is 0 Å². The van der Waals surface area contributed by atoms with E-state index < -0.39 is 11.2 Å². The lowest BCUT2D eigenvalue weighted by atomic mass is 10.1. The summed E-state index contributed by atoms with van der Waals surface area (Å²) in [5.41, 5.74) is 6.33. The third kappa shape index (κ3) is 4.20. The molecule has 1 saturated heterocycles. The van der Waals surface area contributed by atoms with Gasteiger partial charge in [0.1, 0.15) is 16.7 Å². The van der Waals surface area contributed by atoms with Gasteiger partial charge >= 0.3 is 0 Å². The molecule has 3 rings (SSSR count). The smallest absolute Gasteiger partial charge is 0.262 e. The number of nitriles is 1. The quantitative estimate of drug-likeness (QED) is 0.492. The molecule has 0 bridgehead atoms. The monoisotopic (exact) mass is 495 g/mol. The van der Waals surface area contributed by atoms with Crippen LogP contribution in [-0.2, 0) is 16.0 Å². The summed E-state index contributed by atoms with van der Waals surface area (Å²) in [6, 6.07) is 13.8. The van der Waals surface area contributed by atoms with Crippen molar-refractivity contribution in [1.82, 2.24) is 0 Å². The van der Waals surface area contributed by atoms with Crippen molar-refractivity contribution < 1.29 is 9.59 Å². The maximum Gasteiger partial charge on any atom is 0.262 e. The average Bonchev–Trinajstić information content (AvgIpc) is 2.95. The first-order valence-corrected chi connectivity index (χ1v) is 10.4. The van der Waals surface area contributed by atoms with E-state index in [9.17, 15) is 14.9 Å². The lowest BCUT2D eigenvalue weighted by molar-refractivity contribution is -0.117. The second kappa shape index (κ2) is 8.58. The van der Waals surface area contributed by atoms with Gasteiger partial charge in [-0.3, -0.25) is 14.5 Å². The maximum absolute atomic E-state index is 13.2. The first-order chi connectivity index (χ1) is 13.3. The average molecular weight is 497 g/mol. The Morgan fingerprint density at radius 3 is 2.54 bits per heavy atom. The summed E-state index contributed by atoms with van der Waals surface area (Å²) in [5, 5.41) is 10.0. The zero-order valence-corrected chi connectivity index (χ0v) is 18.1. The van der Waals surface area contributed by atoms with E-state index in [1.54, 1.807) is 42.5 Å². The Balaban J connectivity index is 2.05. The topological polar surface area (TPSA) is 87.2 Å². The van der Waals surface area contributed by atoms with Gasteiger partial charge in [0, 0.05) is 20.2 Å². The number of amides is 2. The standard InChI is InChI=1S/C19H12BrCl2N3O2S/c20-11-1-4-13(5-2-11)25-18(27)16(28-19(25)14(9-23)17(24)26)8-10-7-12(21)3-6-15(10)22/h1-7,16H,8H2,(H2,24,26)/b19-14+. The van der Waals surface area contributed by atoms with E-state index in [0.717, 1.165) is 16.2 Å². The molecular formula is C19H12BrCl2N3O2S. The molecule has 5 nitrogen and oxygen atoms in total. The van der Waals surface area contributed by atoms with Crippen LogP contribution in [0.25, 0.3) is 0 Å². The number of nitrogens with zero attached hydrogens (tertiary/aromatic N) is 2. The lowest BCUT2D eigenvalue weighted by Crippen LogP contribution is -2.31. The number of primary amides is 1. The lowest BCUT2D eigenvalue weighted by Gasteiger charge is -2.18. The van der Waals surface area contributed by atoms with E-state index >= 15 is 0 Å². The predicted molar refractivity (Wildman–Crippen MR) is 115 cm³/mol. The van der Waals surface area contributed by atoms with Crippen LogP contribution in [0.15, 0.2) is 57.5 Å². The number of carbonyl (C=O) groups is 2. The van der Waals surface area contributed by atoms with Crippen molar-refractivity contribution in [1.29, 1.82) is 5.26 Å². The molecule has 0 saturated carbocycles. The van der Waals surface area contributed by atoms with Crippen LogP contribution in [0.2, 0.25) is 10.0 Å². The Hall–Kier alpha value is -1.98. The Morgan fingerprint density at radius 1 is 1.25 bits per heavy atom. The van der Waals surface area contributed by atoms with Crippen molar-refractivity contribution in [2.24, 2.45) is 5.73 Å². The molecule has 2 N–H and O–H groups in total. The Morgan fingerprint density at radius 2 is 1.93 bits per heavy atom. The minimum absolute atomic E-state index is 0.213. The van der Waals surface area contributed by atoms with Crippen molar-refractivity contribution in [3.8, 4) is 6.07 Å². The van der Waals surface area contributed by atoms with Gasteiger partial charge in [-0.2, -0.15) is 5.26 Å². The summed E-state index contributed by atoms with van der Waals surface area (Å²) >= 11 is 16.7. The molecule has 0 aromatic heterocycles. The maximum atomic E-state index is 13.2. The molecule has 9 heteroatoms. The van der Waals surface area contributed by atoms with E-state index in [2.05, 4.69) is 15.9 Å². The summed E-state index contributed by atoms with van der Waals surface area (Å²) in [6.45, 7) is 0. The van der Waals surface area contributed by atoms with E-state index in [4.69, 9.17) is 28.9 Å². The van der Waals surface area contributed by atoms with Crippen molar-refractivity contribution >= 4 is 68.4 Å². The number of hydrogen-bond acceptors (Lipinski definition) is 4. The van der Waals surface area contributed by atoms with Crippen LogP contribution in [0.1, 0.15) is 5.56 Å². The van der Waals surface area contributed by atoms with Gasteiger partial charge in [-0.15, -0.1) is 0 Å². The van der Waals surface area contributed by atoms with Gasteiger partial charge in [-0.05, 0) is 54.4 Å². The molecule has 0 aliphatic carbocycles. The molecule has 142 valence electrons. The van der Waals surface area contributed by atoms with Crippen LogP contribution in [-0.4, -0.2) is 17.1 Å². The summed E-state index contributed by atoms with van der Waals surface area (Å²) in [6.07, 6.45) is 0.289. The van der Waals surface area contributed by atoms with Crippen LogP contribution in [0, 0.1) is 11.3 Å². The number of rotatable bonds is 4. The minimum Gasteiger partial charge on any atom is -0.365 e. The Kier molecular flexibility index (Phi) is 6.36. The first kappa shape index (κ1) is 20.7. The molecular weight excluding hydrogens is 485 g/mol. The van der Waals surface area contributed by atoms with Crippen molar-refractivity contribution in [3.05, 3.63) is 73.1 Å². The van der Waals surface area contributed by atoms with Crippen LogP contribution < -0.4 is 10.6 Å². The number of carbonyl (C=O) groups excluding carboxylic acids is 2. The number of thioether (sulfide) groups is 1. The largest absolute Gasteiger partial charge is 0.365 e. The van der Waals surface area contributed by atoms with Gasteiger partial charge in [-0.1, -0.05) is 50.9 Å². The molecule has 28 heavy (non-hydrogen) atoms. The van der Waals surface area contributed by atoms with E-state index in [-0.39, 0.29) is 22.9 Å². The fraction of sp³-hybridized carbons (Fsp3) is 0.105. The number of halogens is 3. The number of nitrogens with two attached hydrogens (primary N) is 1. The zero-order valence-electron chi connectivity index (χ0n) is 14.2. The zero-order chi connectivity index (χ0) is 20.4. The predicted octanol–water partition coefficient (Wildman–Crippen LogP) is 4.67. The normalized spacial score (nSPS) is 18.1. The molecule has 1 aliphatic rings. The fourth-order valence-electron chi connectivity index (χ4n) is 2.72. The second-order valence-electron chi connectivity index (χ2n) is 5.85. The van der Waals surface area contributed by atoms with E-state index in [1.165, 1.54) is 4.90 Å². The third-order valence-electron chi connectivity index (χ3n) is 4.02. The van der Waals surface area contributed by atoms with Crippen LogP contribution in [0.4, 0.5) is 5.69 Å². The van der Waals surface area contributed by atoms with Crippen molar-refractivity contribution in [2.45, 2.75) is 11.7 Å². The SMILES string of the molecule is N#C/C(C(N)=O)=C1\SC(Cc2cc(Cl)ccc2Cl)C(=O)N1c1ccc(Br)cc1. The Bertz CT molecular complexity index is 1030. The Labute approximate surface area is 184 Å². The second-order valence-corrected chi connectivity index (χ2v) is 8.80. The van der Waals surface area contributed by atoms with E-state index in [1.807, 2.05) is 6.07 Å². The molecule has 1 heterocycles. The van der Waals surface area contributed by atoms with Gasteiger partial charge in [-0.25, -0.2) is 0 Å². The molecule has 1 aliphatic heterocycles. The van der Waals surface area contributed by atoms with Crippen LogP contribution >= 0.6 is 50.9 Å². The molecule has 0 radical (unpaired) electrons. The summed E-state index contributed by atoms with van der Waals surface area (Å²) < 4.78 is 0.832. The highest BCUT2D eigenvalue weighted by atomic mass is 79.9. The molecule has 2 amide bonds. The number of benzene rings is 2. The summed E-state index contributed by atoms with van der Waals surface area (Å²) in [5.74, 6) is -1.16. The van der Waals surface area contributed by atoms with Gasteiger partial charge in [0.2, 0.25) is 5.91 Å². The highest BCUT2D eigenvalue weighted by Gasteiger charge is 2.40. The summed E-state index contributed by atoms with van der Waals surface area (Å²) in [7, 11) is 0. The molecule has 1 fully saturated rings. The van der Waals surface area contributed by atoms with Crippen LogP contribution in [0.3, 0.4) is 0 Å². The molecule has 1 unspecified atom stereocenters. The molecule has 0 spiro atoms. The van der Waals surface area contributed by atoms with Gasteiger partial charge < -0.3 is 5.73 Å². The van der Waals surface area contributed by atoms with E-state index in [0.29, 0.717) is 21.3 Å². The summed E-state index contributed by atoms with van der Waals surface area (Å²) in [4.78, 5) is 26.3. The highest BCUT2D eigenvalue weighted by Crippen LogP contribution is 2.42. The van der Waals surface area contributed by atoms with Crippen molar-refractivity contribution in [3.63, 3.8) is 0 Å². The van der Waals surface area contributed by atoms with Crippen molar-refractivity contribution in [2.75, 3.05) is 4.90 Å². The number of anilines is 1. The fourth-order valence-corrected chi connectivity index (χ4v) is 4.68. The molecule has 1 atom stereocenters. The molecule has 2 aromatic rings. The third-order valence-corrected chi connectivity index (χ3v) is 6.42. The first-order valence-electron chi connectivity index (χ1n) is 7.96. The minimum atomic E-state index is -0.888. The molecule has 2 aromatic carbocycles. The number of hydrogen-bond donors (Lipinski definition) is 1. The van der Waals surface area contributed by atoms with Crippen LogP contribution in [0.5, 0.6) is 0 Å².